The van der Waals surface area contributed by atoms with E-state index in [1.54, 1.807) is 24.3 Å². The lowest BCUT2D eigenvalue weighted by molar-refractivity contribution is -0.145. The van der Waals surface area contributed by atoms with Crippen LogP contribution in [0.4, 0.5) is 4.79 Å². The van der Waals surface area contributed by atoms with Crippen LogP contribution in [0.1, 0.15) is 107 Å². The summed E-state index contributed by atoms with van der Waals surface area (Å²) in [5.41, 5.74) is -0.617. The highest BCUT2D eigenvalue weighted by molar-refractivity contribution is 6.38. The van der Waals surface area contributed by atoms with E-state index in [1.165, 1.54) is 11.0 Å². The zero-order valence-corrected chi connectivity index (χ0v) is 32.5. The number of amides is 7. The average molecular weight is 745 g/mol. The van der Waals surface area contributed by atoms with Gasteiger partial charge in [-0.2, -0.15) is 0 Å². The number of rotatable bonds is 14. The van der Waals surface area contributed by atoms with Crippen LogP contribution >= 0.6 is 0 Å². The molecule has 292 valence electrons. The Morgan fingerprint density at radius 3 is 2.17 bits per heavy atom. The first-order valence-corrected chi connectivity index (χ1v) is 18.9. The number of benzene rings is 1. The van der Waals surface area contributed by atoms with Gasteiger partial charge in [0.2, 0.25) is 17.6 Å². The summed E-state index contributed by atoms with van der Waals surface area (Å²) >= 11 is 0. The van der Waals surface area contributed by atoms with E-state index in [1.807, 2.05) is 41.5 Å². The predicted molar refractivity (Wildman–Crippen MR) is 204 cm³/mol. The van der Waals surface area contributed by atoms with Gasteiger partial charge in [-0.3, -0.25) is 33.7 Å². The van der Waals surface area contributed by atoms with Crippen molar-refractivity contribution in [2.75, 3.05) is 19.6 Å². The van der Waals surface area contributed by atoms with Crippen molar-refractivity contribution in [2.24, 2.45) is 22.7 Å². The third-order valence-corrected chi connectivity index (χ3v) is 11.4. The van der Waals surface area contributed by atoms with Crippen molar-refractivity contribution in [3.05, 3.63) is 48.0 Å². The predicted octanol–water partition coefficient (Wildman–Crippen LogP) is 3.59. The van der Waals surface area contributed by atoms with Crippen molar-refractivity contribution in [3.8, 4) is 12.3 Å². The third kappa shape index (κ3) is 9.20. The molecule has 4 rings (SSSR count). The molecule has 2 heterocycles. The van der Waals surface area contributed by atoms with Gasteiger partial charge in [-0.15, -0.1) is 18.9 Å². The summed E-state index contributed by atoms with van der Waals surface area (Å²) in [6, 6.07) is 2.08. The summed E-state index contributed by atoms with van der Waals surface area (Å²) in [5.74, 6) is -1.57. The molecule has 1 aliphatic carbocycles. The van der Waals surface area contributed by atoms with Gasteiger partial charge in [-0.1, -0.05) is 79.0 Å². The number of carbonyl (C=O) groups is 7. The maximum atomic E-state index is 14.8. The smallest absolute Gasteiger partial charge is 0.315 e. The van der Waals surface area contributed by atoms with Crippen molar-refractivity contribution in [1.82, 2.24) is 31.1 Å². The molecule has 4 N–H and O–H groups in total. The van der Waals surface area contributed by atoms with Crippen LogP contribution in [0.2, 0.25) is 0 Å². The third-order valence-electron chi connectivity index (χ3n) is 11.4. The average Bonchev–Trinajstić information content (AvgIpc) is 3.57. The Balaban J connectivity index is 1.58. The molecule has 0 radical (unpaired) electrons. The van der Waals surface area contributed by atoms with E-state index in [-0.39, 0.29) is 44.3 Å². The minimum absolute atomic E-state index is 0.0330. The van der Waals surface area contributed by atoms with E-state index in [0.29, 0.717) is 24.0 Å². The molecule has 13 nitrogen and oxygen atoms in total. The number of fused-ring (bicyclic) bond motifs is 1. The van der Waals surface area contributed by atoms with Crippen molar-refractivity contribution < 1.29 is 33.6 Å². The van der Waals surface area contributed by atoms with E-state index in [0.717, 1.165) is 24.2 Å². The van der Waals surface area contributed by atoms with E-state index in [2.05, 4.69) is 33.8 Å². The number of carbonyl (C=O) groups excluding carboxylic acids is 7. The van der Waals surface area contributed by atoms with Crippen LogP contribution in [0.25, 0.3) is 0 Å². The molecule has 54 heavy (non-hydrogen) atoms. The molecule has 1 unspecified atom stereocenters. The highest BCUT2D eigenvalue weighted by atomic mass is 16.2. The SMILES string of the molecule is C#CCCC(NC(=O)[C@@H]1[C@@H](C)[C@@H](C)CN1C(=O)[C@@H](NC(=O)N[C@H](CN1C(=O)c2ccccc2C1=O)C(C)(C)C)C1(C)CCCCC1)C(=O)C(=O)NCC=C. The van der Waals surface area contributed by atoms with Gasteiger partial charge in [0.15, 0.2) is 0 Å². The van der Waals surface area contributed by atoms with E-state index >= 15 is 0 Å². The second-order valence-corrected chi connectivity index (χ2v) is 16.4. The molecule has 0 bridgehead atoms. The Kier molecular flexibility index (Phi) is 13.5. The second-order valence-electron chi connectivity index (χ2n) is 16.4. The van der Waals surface area contributed by atoms with E-state index in [9.17, 15) is 33.6 Å². The Morgan fingerprint density at radius 1 is 1.00 bits per heavy atom. The fraction of sp³-hybridized carbons (Fsp3) is 0.585. The molecule has 1 aromatic carbocycles. The van der Waals surface area contributed by atoms with Crippen molar-refractivity contribution in [2.45, 2.75) is 111 Å². The fourth-order valence-electron chi connectivity index (χ4n) is 7.76. The zero-order chi connectivity index (χ0) is 40.0. The second kappa shape index (κ2) is 17.4. The first-order chi connectivity index (χ1) is 25.4. The molecule has 7 amide bonds. The minimum Gasteiger partial charge on any atom is -0.346 e. The Hall–Kier alpha value is -4.99. The van der Waals surface area contributed by atoms with Crippen molar-refractivity contribution >= 4 is 41.4 Å². The van der Waals surface area contributed by atoms with Crippen LogP contribution in [0.15, 0.2) is 36.9 Å². The Bertz CT molecular complexity index is 1650. The molecule has 13 heteroatoms. The standard InChI is InChI=1S/C41H56N6O7/c1-9-11-19-29(32(48)35(50)42-22-10-2)43-34(49)31-26(4)25(3)23-46(31)38(53)33(41(8)20-15-12-16-21-41)45-39(54)44-30(40(5,6)7)24-47-36(51)27-17-13-14-18-28(27)37(47)52/h1,10,13-14,17-18,25-26,29-31,33H,2,11-12,15-16,19-24H2,3-8H3,(H,42,50)(H,43,49)(H2,44,45,54)/t25-,26-,29?,30+,31-,33+/m0/s1. The van der Waals surface area contributed by atoms with E-state index in [4.69, 9.17) is 6.42 Å². The molecule has 1 saturated carbocycles. The molecule has 3 aliphatic rings. The number of nitrogens with zero attached hydrogens (tertiary/aromatic N) is 2. The monoisotopic (exact) mass is 744 g/mol. The highest BCUT2D eigenvalue weighted by Gasteiger charge is 2.50. The van der Waals surface area contributed by atoms with Crippen LogP contribution in [-0.4, -0.2) is 95.0 Å². The first-order valence-electron chi connectivity index (χ1n) is 18.9. The molecule has 0 aromatic heterocycles. The first kappa shape index (κ1) is 41.8. The highest BCUT2D eigenvalue weighted by Crippen LogP contribution is 2.41. The number of likely N-dealkylation sites (tertiary alicyclic amines) is 1. The van der Waals surface area contributed by atoms with Gasteiger partial charge in [0.05, 0.1) is 29.8 Å². The number of hydrogen-bond acceptors (Lipinski definition) is 7. The zero-order valence-electron chi connectivity index (χ0n) is 32.5. The number of urea groups is 1. The summed E-state index contributed by atoms with van der Waals surface area (Å²) in [7, 11) is 0. The summed E-state index contributed by atoms with van der Waals surface area (Å²) in [4.78, 5) is 97.7. The molecule has 2 aliphatic heterocycles. The number of imide groups is 1. The van der Waals surface area contributed by atoms with E-state index < -0.39 is 76.3 Å². The van der Waals surface area contributed by atoms with Gasteiger partial charge in [0.25, 0.3) is 17.7 Å². The van der Waals surface area contributed by atoms with Gasteiger partial charge in [0, 0.05) is 19.5 Å². The van der Waals surface area contributed by atoms with Gasteiger partial charge < -0.3 is 26.2 Å². The molecule has 1 aromatic rings. The number of hydrogen-bond donors (Lipinski definition) is 4. The number of nitrogens with one attached hydrogen (secondary N) is 4. The van der Waals surface area contributed by atoms with Crippen LogP contribution in [0.5, 0.6) is 0 Å². The summed E-state index contributed by atoms with van der Waals surface area (Å²) in [6.07, 6.45) is 11.1. The molecular weight excluding hydrogens is 688 g/mol. The van der Waals surface area contributed by atoms with Gasteiger partial charge in [-0.05, 0) is 54.1 Å². The Morgan fingerprint density at radius 2 is 1.61 bits per heavy atom. The van der Waals surface area contributed by atoms with Crippen LogP contribution in [0.3, 0.4) is 0 Å². The number of ketones is 1. The molecule has 6 atom stereocenters. The largest absolute Gasteiger partial charge is 0.346 e. The molecule has 2 fully saturated rings. The van der Waals surface area contributed by atoms with Crippen molar-refractivity contribution in [3.63, 3.8) is 0 Å². The fourth-order valence-corrected chi connectivity index (χ4v) is 7.76. The van der Waals surface area contributed by atoms with Crippen LogP contribution < -0.4 is 21.3 Å². The summed E-state index contributed by atoms with van der Waals surface area (Å²) in [5, 5.41) is 11.1. The van der Waals surface area contributed by atoms with Gasteiger partial charge >= 0.3 is 6.03 Å². The normalized spacial score (nSPS) is 22.3. The van der Waals surface area contributed by atoms with Gasteiger partial charge in [0.1, 0.15) is 12.1 Å². The molecular formula is C41H56N6O7. The topological polar surface area (TPSA) is 174 Å². The van der Waals surface area contributed by atoms with Crippen LogP contribution in [0, 0.1) is 35.0 Å². The summed E-state index contributed by atoms with van der Waals surface area (Å²) in [6.45, 7) is 15.2. The summed E-state index contributed by atoms with van der Waals surface area (Å²) < 4.78 is 0. The minimum atomic E-state index is -1.20. The quantitative estimate of drug-likeness (QED) is 0.0975. The van der Waals surface area contributed by atoms with Crippen LogP contribution in [-0.2, 0) is 19.2 Å². The maximum absolute atomic E-state index is 14.8. The lowest BCUT2D eigenvalue weighted by Crippen LogP contribution is -2.63. The number of terminal acetylenes is 1. The van der Waals surface area contributed by atoms with Crippen molar-refractivity contribution in [1.29, 1.82) is 0 Å². The van der Waals surface area contributed by atoms with Gasteiger partial charge in [-0.25, -0.2) is 4.79 Å². The lowest BCUT2D eigenvalue weighted by Gasteiger charge is -2.43. The molecule has 0 spiro atoms. The lowest BCUT2D eigenvalue weighted by atomic mass is 9.70. The number of Topliss-reactive ketones (excluding diaryl/α,β-unsaturated/α-hetero) is 1. The Labute approximate surface area is 318 Å². The molecule has 1 saturated heterocycles. The maximum Gasteiger partial charge on any atom is 0.315 e.